The van der Waals surface area contributed by atoms with E-state index in [4.69, 9.17) is 4.74 Å². The number of ketones is 1. The Morgan fingerprint density at radius 3 is 2.89 bits per heavy atom. The summed E-state index contributed by atoms with van der Waals surface area (Å²) in [5.41, 5.74) is 1.62. The third-order valence-corrected chi connectivity index (χ3v) is 4.56. The molecule has 8 nitrogen and oxygen atoms in total. The molecule has 0 aliphatic carbocycles. The SMILES string of the molecule is C[C@@H]1Oc2cccnc2CC(=O)[C@H]1NC(=O)c1n[nH]c(Cc2ccccc2)n1. The number of carbonyl (C=O) groups excluding carboxylic acids is 2. The van der Waals surface area contributed by atoms with Crippen LogP contribution in [-0.2, 0) is 17.6 Å². The molecular weight excluding hydrogens is 358 g/mol. The fourth-order valence-corrected chi connectivity index (χ4v) is 3.14. The van der Waals surface area contributed by atoms with Crippen molar-refractivity contribution in [3.05, 3.63) is 71.6 Å². The quantitative estimate of drug-likeness (QED) is 0.713. The van der Waals surface area contributed by atoms with Gasteiger partial charge in [-0.15, -0.1) is 5.10 Å². The van der Waals surface area contributed by atoms with Crippen LogP contribution in [0.5, 0.6) is 5.75 Å². The van der Waals surface area contributed by atoms with Crippen molar-refractivity contribution < 1.29 is 14.3 Å². The molecule has 2 atom stereocenters. The number of benzene rings is 1. The van der Waals surface area contributed by atoms with Gasteiger partial charge < -0.3 is 10.1 Å². The highest BCUT2D eigenvalue weighted by molar-refractivity contribution is 5.96. The minimum Gasteiger partial charge on any atom is -0.486 e. The van der Waals surface area contributed by atoms with E-state index in [1.54, 1.807) is 25.3 Å². The number of aromatic nitrogens is 4. The summed E-state index contributed by atoms with van der Waals surface area (Å²) < 4.78 is 5.81. The number of nitrogens with zero attached hydrogens (tertiary/aromatic N) is 3. The van der Waals surface area contributed by atoms with Crippen molar-refractivity contribution in [2.45, 2.75) is 31.9 Å². The first-order chi connectivity index (χ1) is 13.6. The number of rotatable bonds is 4. The molecule has 2 aromatic heterocycles. The van der Waals surface area contributed by atoms with Crippen LogP contribution in [0.15, 0.2) is 48.7 Å². The van der Waals surface area contributed by atoms with E-state index in [1.807, 2.05) is 30.3 Å². The van der Waals surface area contributed by atoms with Gasteiger partial charge >= 0.3 is 0 Å². The summed E-state index contributed by atoms with van der Waals surface area (Å²) in [4.78, 5) is 33.6. The molecule has 28 heavy (non-hydrogen) atoms. The zero-order valence-corrected chi connectivity index (χ0v) is 15.3. The van der Waals surface area contributed by atoms with Crippen LogP contribution >= 0.6 is 0 Å². The first-order valence-electron chi connectivity index (χ1n) is 8.99. The molecule has 1 aromatic carbocycles. The largest absolute Gasteiger partial charge is 0.486 e. The Hall–Kier alpha value is -3.55. The predicted octanol–water partition coefficient (Wildman–Crippen LogP) is 1.48. The molecule has 3 aromatic rings. The van der Waals surface area contributed by atoms with E-state index in [9.17, 15) is 9.59 Å². The maximum absolute atomic E-state index is 12.6. The number of carbonyl (C=O) groups is 2. The second-order valence-electron chi connectivity index (χ2n) is 6.63. The lowest BCUT2D eigenvalue weighted by Crippen LogP contribution is -2.49. The molecular formula is C20H19N5O3. The molecule has 0 saturated heterocycles. The summed E-state index contributed by atoms with van der Waals surface area (Å²) in [7, 11) is 0. The fourth-order valence-electron chi connectivity index (χ4n) is 3.14. The minimum atomic E-state index is -0.808. The average Bonchev–Trinajstić information content (AvgIpc) is 3.12. The molecule has 8 heteroatoms. The van der Waals surface area contributed by atoms with E-state index in [1.165, 1.54) is 0 Å². The molecule has 1 aliphatic heterocycles. The summed E-state index contributed by atoms with van der Waals surface area (Å²) in [6.45, 7) is 1.74. The van der Waals surface area contributed by atoms with E-state index < -0.39 is 18.1 Å². The molecule has 0 bridgehead atoms. The highest BCUT2D eigenvalue weighted by Gasteiger charge is 2.33. The third-order valence-electron chi connectivity index (χ3n) is 4.56. The van der Waals surface area contributed by atoms with Gasteiger partial charge in [0, 0.05) is 12.6 Å². The van der Waals surface area contributed by atoms with Crippen LogP contribution in [0.1, 0.15) is 34.6 Å². The number of H-pyrrole nitrogens is 1. The van der Waals surface area contributed by atoms with Gasteiger partial charge in [-0.05, 0) is 24.6 Å². The summed E-state index contributed by atoms with van der Waals surface area (Å²) in [5, 5.41) is 9.45. The van der Waals surface area contributed by atoms with Crippen LogP contribution < -0.4 is 10.1 Å². The Labute approximate surface area is 161 Å². The fraction of sp³-hybridized carbons (Fsp3) is 0.250. The number of ether oxygens (including phenoxy) is 1. The van der Waals surface area contributed by atoms with Gasteiger partial charge in [0.25, 0.3) is 5.91 Å². The van der Waals surface area contributed by atoms with Gasteiger partial charge in [0.2, 0.25) is 5.82 Å². The Morgan fingerprint density at radius 1 is 1.25 bits per heavy atom. The minimum absolute atomic E-state index is 0.00850. The second kappa shape index (κ2) is 7.59. The first kappa shape index (κ1) is 17.8. The molecule has 142 valence electrons. The molecule has 2 N–H and O–H groups in total. The van der Waals surface area contributed by atoms with E-state index in [-0.39, 0.29) is 18.0 Å². The number of pyridine rings is 1. The third kappa shape index (κ3) is 3.75. The van der Waals surface area contributed by atoms with Crippen molar-refractivity contribution in [2.75, 3.05) is 0 Å². The Balaban J connectivity index is 1.45. The van der Waals surface area contributed by atoms with E-state index in [2.05, 4.69) is 25.5 Å². The molecule has 0 unspecified atom stereocenters. The normalized spacial score (nSPS) is 18.7. The standard InChI is InChI=1S/C20H19N5O3/c1-12-18(15(26)11-14-16(28-12)8-5-9-21-14)23-20(27)19-22-17(24-25-19)10-13-6-3-2-4-7-13/h2-9,12,18H,10-11H2,1H3,(H,23,27)(H,22,24,25)/t12-,18-/m0/s1. The summed E-state index contributed by atoms with van der Waals surface area (Å²) in [6.07, 6.45) is 1.70. The van der Waals surface area contributed by atoms with Gasteiger partial charge in [0.1, 0.15) is 23.7 Å². The van der Waals surface area contributed by atoms with Gasteiger partial charge in [-0.3, -0.25) is 19.7 Å². The van der Waals surface area contributed by atoms with Crippen molar-refractivity contribution in [1.29, 1.82) is 0 Å². The van der Waals surface area contributed by atoms with Crippen molar-refractivity contribution in [3.8, 4) is 5.75 Å². The molecule has 3 heterocycles. The van der Waals surface area contributed by atoms with E-state index in [0.717, 1.165) is 5.56 Å². The van der Waals surface area contributed by atoms with Crippen LogP contribution in [0.3, 0.4) is 0 Å². The topological polar surface area (TPSA) is 110 Å². The van der Waals surface area contributed by atoms with Crippen molar-refractivity contribution in [3.63, 3.8) is 0 Å². The lowest BCUT2D eigenvalue weighted by Gasteiger charge is -2.21. The monoisotopic (exact) mass is 377 g/mol. The highest BCUT2D eigenvalue weighted by Crippen LogP contribution is 2.23. The van der Waals surface area contributed by atoms with Crippen LogP contribution in [0.4, 0.5) is 0 Å². The number of nitrogens with one attached hydrogen (secondary N) is 2. The van der Waals surface area contributed by atoms with Crippen LogP contribution in [-0.4, -0.2) is 44.0 Å². The average molecular weight is 377 g/mol. The zero-order chi connectivity index (χ0) is 19.5. The van der Waals surface area contributed by atoms with Crippen LogP contribution in [0, 0.1) is 0 Å². The molecule has 0 saturated carbocycles. The molecule has 1 amide bonds. The van der Waals surface area contributed by atoms with Crippen LogP contribution in [0.2, 0.25) is 0 Å². The van der Waals surface area contributed by atoms with Gasteiger partial charge in [-0.1, -0.05) is 30.3 Å². The number of Topliss-reactive ketones (excluding diaryl/α,β-unsaturated/α-hetero) is 1. The summed E-state index contributed by atoms with van der Waals surface area (Å²) in [6, 6.07) is 12.4. The molecule has 4 rings (SSSR count). The predicted molar refractivity (Wildman–Crippen MR) is 99.9 cm³/mol. The van der Waals surface area contributed by atoms with Gasteiger partial charge in [0.15, 0.2) is 5.78 Å². The van der Waals surface area contributed by atoms with Crippen molar-refractivity contribution in [2.24, 2.45) is 0 Å². The molecule has 0 radical (unpaired) electrons. The van der Waals surface area contributed by atoms with E-state index >= 15 is 0 Å². The number of hydrogen-bond acceptors (Lipinski definition) is 6. The Kier molecular flexibility index (Phi) is 4.84. The lowest BCUT2D eigenvalue weighted by molar-refractivity contribution is -0.121. The van der Waals surface area contributed by atoms with E-state index in [0.29, 0.717) is 23.7 Å². The van der Waals surface area contributed by atoms with Crippen molar-refractivity contribution in [1.82, 2.24) is 25.5 Å². The summed E-state index contributed by atoms with van der Waals surface area (Å²) in [5.74, 6) is 0.431. The first-order valence-corrected chi connectivity index (χ1v) is 8.99. The number of hydrogen-bond donors (Lipinski definition) is 2. The molecule has 0 spiro atoms. The highest BCUT2D eigenvalue weighted by atomic mass is 16.5. The van der Waals surface area contributed by atoms with Gasteiger partial charge in [0.05, 0.1) is 12.1 Å². The van der Waals surface area contributed by atoms with Gasteiger partial charge in [-0.25, -0.2) is 4.98 Å². The zero-order valence-electron chi connectivity index (χ0n) is 15.3. The Morgan fingerprint density at radius 2 is 2.07 bits per heavy atom. The summed E-state index contributed by atoms with van der Waals surface area (Å²) >= 11 is 0. The smallest absolute Gasteiger partial charge is 0.291 e. The van der Waals surface area contributed by atoms with Crippen LogP contribution in [0.25, 0.3) is 0 Å². The Bertz CT molecular complexity index is 1000. The number of amides is 1. The van der Waals surface area contributed by atoms with Gasteiger partial charge in [-0.2, -0.15) is 0 Å². The number of fused-ring (bicyclic) bond motifs is 1. The number of aromatic amines is 1. The second-order valence-corrected chi connectivity index (χ2v) is 6.63. The van der Waals surface area contributed by atoms with Crippen molar-refractivity contribution >= 4 is 11.7 Å². The maximum Gasteiger partial charge on any atom is 0.291 e. The maximum atomic E-state index is 12.6. The lowest BCUT2D eigenvalue weighted by atomic mass is 10.0. The molecule has 0 fully saturated rings. The molecule has 1 aliphatic rings.